The summed E-state index contributed by atoms with van der Waals surface area (Å²) in [7, 11) is 0. The van der Waals surface area contributed by atoms with Gasteiger partial charge in [0.1, 0.15) is 11.8 Å². The molecule has 1 aromatic carbocycles. The molecule has 0 saturated carbocycles. The third-order valence-electron chi connectivity index (χ3n) is 2.46. The molecule has 0 fully saturated rings. The minimum Gasteiger partial charge on any atom is -0.386 e. The number of aliphatic hydroxyl groups excluding tert-OH is 1. The summed E-state index contributed by atoms with van der Waals surface area (Å²) < 4.78 is 0. The molecule has 0 spiro atoms. The highest BCUT2D eigenvalue weighted by atomic mass is 35.5. The summed E-state index contributed by atoms with van der Waals surface area (Å²) in [6, 6.07) is 9.72. The first-order valence-corrected chi connectivity index (χ1v) is 5.75. The van der Waals surface area contributed by atoms with E-state index in [0.29, 0.717) is 12.1 Å². The van der Waals surface area contributed by atoms with Crippen molar-refractivity contribution in [1.82, 2.24) is 9.97 Å². The van der Waals surface area contributed by atoms with Gasteiger partial charge in [0.2, 0.25) is 0 Å². The molecule has 0 aliphatic heterocycles. The molecule has 2 rings (SSSR count). The van der Waals surface area contributed by atoms with Crippen LogP contribution >= 0.6 is 11.6 Å². The normalized spacial score (nSPS) is 12.4. The predicted octanol–water partition coefficient (Wildman–Crippen LogP) is 2.71. The molecule has 1 heterocycles. The van der Waals surface area contributed by atoms with Crippen LogP contribution in [0.3, 0.4) is 0 Å². The zero-order valence-electron chi connectivity index (χ0n) is 9.47. The summed E-state index contributed by atoms with van der Waals surface area (Å²) in [5.41, 5.74) is 2.21. The van der Waals surface area contributed by atoms with Gasteiger partial charge in [0.25, 0.3) is 0 Å². The fourth-order valence-corrected chi connectivity index (χ4v) is 1.92. The third-order valence-corrected chi connectivity index (χ3v) is 2.74. The largest absolute Gasteiger partial charge is 0.386 e. The summed E-state index contributed by atoms with van der Waals surface area (Å²) in [6.07, 6.45) is 1.37. The van der Waals surface area contributed by atoms with Crippen molar-refractivity contribution in [3.63, 3.8) is 0 Å². The molecule has 1 atom stereocenters. The second kappa shape index (κ2) is 5.25. The summed E-state index contributed by atoms with van der Waals surface area (Å²) in [5.74, 6) is 0. The average Bonchev–Trinajstić information content (AvgIpc) is 2.30. The van der Waals surface area contributed by atoms with E-state index >= 15 is 0 Å². The van der Waals surface area contributed by atoms with Gasteiger partial charge in [0.05, 0.1) is 5.69 Å². The van der Waals surface area contributed by atoms with Gasteiger partial charge < -0.3 is 5.11 Å². The number of rotatable bonds is 3. The second-order valence-corrected chi connectivity index (χ2v) is 4.25. The summed E-state index contributed by atoms with van der Waals surface area (Å²) >= 11 is 5.96. The molecule has 1 N–H and O–H groups in total. The fourth-order valence-electron chi connectivity index (χ4n) is 1.61. The van der Waals surface area contributed by atoms with E-state index < -0.39 is 6.10 Å². The van der Waals surface area contributed by atoms with Crippen LogP contribution in [0.2, 0.25) is 5.15 Å². The van der Waals surface area contributed by atoms with E-state index in [0.717, 1.165) is 11.3 Å². The van der Waals surface area contributed by atoms with Crippen molar-refractivity contribution in [2.24, 2.45) is 0 Å². The van der Waals surface area contributed by atoms with Crippen molar-refractivity contribution >= 4 is 11.6 Å². The van der Waals surface area contributed by atoms with Gasteiger partial charge in [-0.15, -0.1) is 0 Å². The molecule has 0 radical (unpaired) electrons. The van der Waals surface area contributed by atoms with E-state index in [-0.39, 0.29) is 5.15 Å². The number of benzene rings is 1. The zero-order valence-corrected chi connectivity index (χ0v) is 10.2. The number of nitrogens with zero attached hydrogens (tertiary/aromatic N) is 2. The fraction of sp³-hybridized carbons (Fsp3) is 0.231. The Hall–Kier alpha value is -1.45. The van der Waals surface area contributed by atoms with E-state index in [1.807, 2.05) is 37.3 Å². The smallest absolute Gasteiger partial charge is 0.153 e. The van der Waals surface area contributed by atoms with Gasteiger partial charge in [-0.2, -0.15) is 0 Å². The molecular weight excluding hydrogens is 236 g/mol. The van der Waals surface area contributed by atoms with E-state index in [1.54, 1.807) is 6.20 Å². The van der Waals surface area contributed by atoms with Crippen molar-refractivity contribution in [1.29, 1.82) is 0 Å². The maximum atomic E-state index is 10.1. The van der Waals surface area contributed by atoms with Crippen LogP contribution in [0.15, 0.2) is 36.5 Å². The lowest BCUT2D eigenvalue weighted by Crippen LogP contribution is -2.06. The van der Waals surface area contributed by atoms with Crippen molar-refractivity contribution in [3.8, 4) is 0 Å². The summed E-state index contributed by atoms with van der Waals surface area (Å²) in [4.78, 5) is 8.21. The molecule has 88 valence electrons. The highest BCUT2D eigenvalue weighted by molar-refractivity contribution is 6.30. The number of hydrogen-bond acceptors (Lipinski definition) is 3. The SMILES string of the molecule is Cc1cnc(C(O)Cc2ccccc2)c(Cl)n1. The van der Waals surface area contributed by atoms with Gasteiger partial charge >= 0.3 is 0 Å². The van der Waals surface area contributed by atoms with Gasteiger partial charge in [0, 0.05) is 12.6 Å². The Morgan fingerprint density at radius 2 is 2.00 bits per heavy atom. The Balaban J connectivity index is 2.17. The first kappa shape index (κ1) is 12.0. The lowest BCUT2D eigenvalue weighted by molar-refractivity contribution is 0.173. The van der Waals surface area contributed by atoms with Crippen molar-refractivity contribution < 1.29 is 5.11 Å². The van der Waals surface area contributed by atoms with Crippen LogP contribution in [0.1, 0.15) is 23.1 Å². The Labute approximate surface area is 105 Å². The van der Waals surface area contributed by atoms with Gasteiger partial charge in [-0.25, -0.2) is 4.98 Å². The minimum absolute atomic E-state index is 0.272. The van der Waals surface area contributed by atoms with Gasteiger partial charge in [0.15, 0.2) is 5.15 Å². The molecule has 2 aromatic rings. The molecule has 0 bridgehead atoms. The first-order chi connectivity index (χ1) is 8.16. The Kier molecular flexibility index (Phi) is 3.71. The molecule has 1 unspecified atom stereocenters. The summed E-state index contributed by atoms with van der Waals surface area (Å²) in [5, 5.41) is 10.3. The molecule has 4 heteroatoms. The zero-order chi connectivity index (χ0) is 12.3. The Morgan fingerprint density at radius 1 is 1.29 bits per heavy atom. The van der Waals surface area contributed by atoms with E-state index in [1.165, 1.54) is 0 Å². The van der Waals surface area contributed by atoms with Gasteiger partial charge in [-0.05, 0) is 12.5 Å². The van der Waals surface area contributed by atoms with Crippen LogP contribution in [-0.2, 0) is 6.42 Å². The van der Waals surface area contributed by atoms with Crippen molar-refractivity contribution in [2.45, 2.75) is 19.4 Å². The van der Waals surface area contributed by atoms with Crippen molar-refractivity contribution in [3.05, 3.63) is 58.6 Å². The van der Waals surface area contributed by atoms with Crippen LogP contribution < -0.4 is 0 Å². The molecule has 0 amide bonds. The third kappa shape index (κ3) is 3.02. The van der Waals surface area contributed by atoms with Crippen LogP contribution in [0.25, 0.3) is 0 Å². The van der Waals surface area contributed by atoms with Gasteiger partial charge in [-0.1, -0.05) is 41.9 Å². The highest BCUT2D eigenvalue weighted by Gasteiger charge is 2.14. The van der Waals surface area contributed by atoms with E-state index in [2.05, 4.69) is 9.97 Å². The molecular formula is C13H13ClN2O. The molecule has 17 heavy (non-hydrogen) atoms. The van der Waals surface area contributed by atoms with E-state index in [4.69, 9.17) is 11.6 Å². The predicted molar refractivity (Wildman–Crippen MR) is 66.9 cm³/mol. The van der Waals surface area contributed by atoms with Crippen LogP contribution in [0, 0.1) is 6.92 Å². The first-order valence-electron chi connectivity index (χ1n) is 5.38. The Morgan fingerprint density at radius 3 is 2.65 bits per heavy atom. The maximum Gasteiger partial charge on any atom is 0.153 e. The average molecular weight is 249 g/mol. The summed E-state index contributed by atoms with van der Waals surface area (Å²) in [6.45, 7) is 1.81. The van der Waals surface area contributed by atoms with Crippen molar-refractivity contribution in [2.75, 3.05) is 0 Å². The monoisotopic (exact) mass is 248 g/mol. The van der Waals surface area contributed by atoms with Gasteiger partial charge in [-0.3, -0.25) is 4.98 Å². The minimum atomic E-state index is -0.724. The lowest BCUT2D eigenvalue weighted by atomic mass is 10.1. The number of aromatic nitrogens is 2. The van der Waals surface area contributed by atoms with Crippen LogP contribution in [0.5, 0.6) is 0 Å². The molecule has 3 nitrogen and oxygen atoms in total. The van der Waals surface area contributed by atoms with E-state index in [9.17, 15) is 5.11 Å². The molecule has 0 aliphatic rings. The highest BCUT2D eigenvalue weighted by Crippen LogP contribution is 2.22. The number of halogens is 1. The standard InChI is InChI=1S/C13H13ClN2O/c1-9-8-15-12(13(14)16-9)11(17)7-10-5-3-2-4-6-10/h2-6,8,11,17H,7H2,1H3. The molecule has 0 saturated heterocycles. The van der Waals surface area contributed by atoms with Crippen LogP contribution in [-0.4, -0.2) is 15.1 Å². The number of aliphatic hydroxyl groups is 1. The maximum absolute atomic E-state index is 10.1. The molecule has 0 aliphatic carbocycles. The number of aryl methyl sites for hydroxylation is 1. The topological polar surface area (TPSA) is 46.0 Å². The lowest BCUT2D eigenvalue weighted by Gasteiger charge is -2.11. The second-order valence-electron chi connectivity index (χ2n) is 3.89. The number of hydrogen-bond donors (Lipinski definition) is 1. The quantitative estimate of drug-likeness (QED) is 0.909. The molecule has 1 aromatic heterocycles. The Bertz CT molecular complexity index is 502. The van der Waals surface area contributed by atoms with Crippen LogP contribution in [0.4, 0.5) is 0 Å².